The van der Waals surface area contributed by atoms with Crippen LogP contribution in [0.15, 0.2) is 0 Å². The van der Waals surface area contributed by atoms with Crippen molar-refractivity contribution in [2.45, 2.75) is 11.8 Å². The second-order valence-electron chi connectivity index (χ2n) is 2.59. The van der Waals surface area contributed by atoms with E-state index in [-0.39, 0.29) is 0 Å². The van der Waals surface area contributed by atoms with Crippen LogP contribution in [0.4, 0.5) is 0 Å². The molecule has 11 heavy (non-hydrogen) atoms. The Morgan fingerprint density at radius 1 is 1.36 bits per heavy atom. The molecular formula is C5H13N3O2S. The average molecular weight is 179 g/mol. The maximum Gasteiger partial charge on any atom is 0.226 e. The summed E-state index contributed by atoms with van der Waals surface area (Å²) >= 11 is 0. The van der Waals surface area contributed by atoms with Crippen molar-refractivity contribution < 1.29 is 8.42 Å². The summed E-state index contributed by atoms with van der Waals surface area (Å²) < 4.78 is 21.6. The van der Waals surface area contributed by atoms with Crippen molar-refractivity contribution >= 4 is 10.0 Å². The molecule has 0 aromatic carbocycles. The van der Waals surface area contributed by atoms with Crippen molar-refractivity contribution in [3.05, 3.63) is 0 Å². The summed E-state index contributed by atoms with van der Waals surface area (Å²) in [5.41, 5.74) is 0. The Morgan fingerprint density at radius 3 is 2.73 bits per heavy atom. The standard InChI is InChI=1S/C5H13N3O2S/c6-11(9,10)5-4-7-2-1-3-8-5/h5,7-8H,1-4H2,(H2,6,9,10). The van der Waals surface area contributed by atoms with Crippen molar-refractivity contribution in [2.24, 2.45) is 5.14 Å². The Hall–Kier alpha value is -0.170. The molecule has 0 aromatic rings. The first kappa shape index (κ1) is 8.92. The van der Waals surface area contributed by atoms with Gasteiger partial charge >= 0.3 is 0 Å². The first-order valence-corrected chi connectivity index (χ1v) is 5.17. The highest BCUT2D eigenvalue weighted by atomic mass is 32.2. The Kier molecular flexibility index (Phi) is 2.83. The summed E-state index contributed by atoms with van der Waals surface area (Å²) in [6, 6.07) is 0. The minimum absolute atomic E-state index is 0.402. The first-order valence-electron chi connectivity index (χ1n) is 3.56. The molecule has 1 fully saturated rings. The van der Waals surface area contributed by atoms with Crippen LogP contribution in [0.2, 0.25) is 0 Å². The van der Waals surface area contributed by atoms with Crippen LogP contribution in [0, 0.1) is 0 Å². The van der Waals surface area contributed by atoms with Crippen LogP contribution in [-0.4, -0.2) is 33.4 Å². The summed E-state index contributed by atoms with van der Waals surface area (Å²) in [5, 5.41) is 10.2. The number of hydrogen-bond donors (Lipinski definition) is 3. The molecule has 0 spiro atoms. The van der Waals surface area contributed by atoms with Crippen molar-refractivity contribution in [3.63, 3.8) is 0 Å². The quantitative estimate of drug-likeness (QED) is 0.443. The van der Waals surface area contributed by atoms with E-state index < -0.39 is 15.4 Å². The summed E-state index contributed by atoms with van der Waals surface area (Å²) in [5.74, 6) is 0. The van der Waals surface area contributed by atoms with Gasteiger partial charge in [-0.15, -0.1) is 0 Å². The molecule has 4 N–H and O–H groups in total. The van der Waals surface area contributed by atoms with Gasteiger partial charge in [-0.25, -0.2) is 13.6 Å². The summed E-state index contributed by atoms with van der Waals surface area (Å²) in [6.45, 7) is 1.95. The molecule has 1 atom stereocenters. The fourth-order valence-corrected chi connectivity index (χ4v) is 1.71. The highest BCUT2D eigenvalue weighted by Crippen LogP contribution is 1.93. The molecule has 6 heteroatoms. The molecule has 5 nitrogen and oxygen atoms in total. The van der Waals surface area contributed by atoms with Gasteiger partial charge in [0.1, 0.15) is 5.37 Å². The monoisotopic (exact) mass is 179 g/mol. The average Bonchev–Trinajstić information content (AvgIpc) is 2.10. The van der Waals surface area contributed by atoms with Gasteiger partial charge in [0.05, 0.1) is 0 Å². The number of sulfonamides is 1. The van der Waals surface area contributed by atoms with Crippen LogP contribution in [0.1, 0.15) is 6.42 Å². The van der Waals surface area contributed by atoms with Gasteiger partial charge in [0.25, 0.3) is 0 Å². The fourth-order valence-electron chi connectivity index (χ4n) is 1.01. The summed E-state index contributed by atoms with van der Waals surface area (Å²) in [7, 11) is -3.42. The highest BCUT2D eigenvalue weighted by molar-refractivity contribution is 7.89. The van der Waals surface area contributed by atoms with E-state index in [0.29, 0.717) is 13.1 Å². The third-order valence-electron chi connectivity index (χ3n) is 1.63. The van der Waals surface area contributed by atoms with Crippen LogP contribution in [0.25, 0.3) is 0 Å². The van der Waals surface area contributed by atoms with Crippen molar-refractivity contribution in [3.8, 4) is 0 Å². The summed E-state index contributed by atoms with van der Waals surface area (Å²) in [4.78, 5) is 0. The zero-order valence-corrected chi connectivity index (χ0v) is 7.02. The summed E-state index contributed by atoms with van der Waals surface area (Å²) in [6.07, 6.45) is 0.937. The first-order chi connectivity index (χ1) is 5.11. The number of primary sulfonamides is 1. The van der Waals surface area contributed by atoms with E-state index >= 15 is 0 Å². The molecule has 1 rings (SSSR count). The molecule has 1 saturated heterocycles. The SMILES string of the molecule is NS(=O)(=O)C1CNCCCN1. The lowest BCUT2D eigenvalue weighted by Crippen LogP contribution is -2.45. The Labute approximate surface area is 66.4 Å². The van der Waals surface area contributed by atoms with E-state index in [1.165, 1.54) is 0 Å². The van der Waals surface area contributed by atoms with Gasteiger partial charge in [0.2, 0.25) is 10.0 Å². The predicted molar refractivity (Wildman–Crippen MR) is 42.4 cm³/mol. The third kappa shape index (κ3) is 2.74. The molecule has 0 saturated carbocycles. The molecule has 1 unspecified atom stereocenters. The minimum Gasteiger partial charge on any atom is -0.314 e. The molecule has 1 aliphatic heterocycles. The zero-order chi connectivity index (χ0) is 8.32. The third-order valence-corrected chi connectivity index (χ3v) is 2.76. The van der Waals surface area contributed by atoms with Gasteiger partial charge in [-0.1, -0.05) is 0 Å². The molecule has 0 radical (unpaired) electrons. The molecule has 1 heterocycles. The van der Waals surface area contributed by atoms with Crippen molar-refractivity contribution in [1.29, 1.82) is 0 Å². The molecule has 66 valence electrons. The van der Waals surface area contributed by atoms with E-state index in [0.717, 1.165) is 13.0 Å². The van der Waals surface area contributed by atoms with Gasteiger partial charge in [0.15, 0.2) is 0 Å². The Balaban J connectivity index is 2.57. The maximum absolute atomic E-state index is 10.8. The second kappa shape index (κ2) is 3.48. The van der Waals surface area contributed by atoms with Gasteiger partial charge in [-0.3, -0.25) is 5.32 Å². The highest BCUT2D eigenvalue weighted by Gasteiger charge is 2.21. The number of nitrogens with one attached hydrogen (secondary N) is 2. The van der Waals surface area contributed by atoms with Gasteiger partial charge in [0, 0.05) is 6.54 Å². The van der Waals surface area contributed by atoms with Crippen LogP contribution < -0.4 is 15.8 Å². The van der Waals surface area contributed by atoms with Crippen molar-refractivity contribution in [1.82, 2.24) is 10.6 Å². The lowest BCUT2D eigenvalue weighted by Gasteiger charge is -2.11. The van der Waals surface area contributed by atoms with E-state index in [9.17, 15) is 8.42 Å². The largest absolute Gasteiger partial charge is 0.314 e. The van der Waals surface area contributed by atoms with Gasteiger partial charge in [-0.05, 0) is 19.5 Å². The molecule has 1 aliphatic rings. The normalized spacial score (nSPS) is 27.9. The molecular weight excluding hydrogens is 166 g/mol. The topological polar surface area (TPSA) is 84.2 Å². The van der Waals surface area contributed by atoms with Gasteiger partial charge < -0.3 is 5.32 Å². The lowest BCUT2D eigenvalue weighted by atomic mass is 10.4. The number of rotatable bonds is 1. The van der Waals surface area contributed by atoms with Gasteiger partial charge in [-0.2, -0.15) is 0 Å². The fraction of sp³-hybridized carbons (Fsp3) is 1.00. The van der Waals surface area contributed by atoms with Crippen LogP contribution >= 0.6 is 0 Å². The second-order valence-corrected chi connectivity index (χ2v) is 4.34. The minimum atomic E-state index is -3.42. The molecule has 0 amide bonds. The Morgan fingerprint density at radius 2 is 2.09 bits per heavy atom. The lowest BCUT2D eigenvalue weighted by molar-refractivity contribution is 0.554. The Bertz CT molecular complexity index is 206. The van der Waals surface area contributed by atoms with E-state index in [2.05, 4.69) is 10.6 Å². The van der Waals surface area contributed by atoms with Crippen LogP contribution in [0.3, 0.4) is 0 Å². The van der Waals surface area contributed by atoms with E-state index in [1.807, 2.05) is 0 Å². The molecule has 0 aromatic heterocycles. The number of nitrogens with two attached hydrogens (primary N) is 1. The molecule has 0 bridgehead atoms. The van der Waals surface area contributed by atoms with E-state index in [4.69, 9.17) is 5.14 Å². The van der Waals surface area contributed by atoms with Crippen LogP contribution in [-0.2, 0) is 10.0 Å². The number of hydrogen-bond acceptors (Lipinski definition) is 4. The predicted octanol–water partition coefficient (Wildman–Crippen LogP) is -1.82. The smallest absolute Gasteiger partial charge is 0.226 e. The zero-order valence-electron chi connectivity index (χ0n) is 6.21. The van der Waals surface area contributed by atoms with Crippen molar-refractivity contribution in [2.75, 3.05) is 19.6 Å². The van der Waals surface area contributed by atoms with E-state index in [1.54, 1.807) is 0 Å². The van der Waals surface area contributed by atoms with Crippen LogP contribution in [0.5, 0.6) is 0 Å². The maximum atomic E-state index is 10.8. The molecule has 0 aliphatic carbocycles.